The van der Waals surface area contributed by atoms with E-state index in [1.807, 2.05) is 37.3 Å². The summed E-state index contributed by atoms with van der Waals surface area (Å²) in [6, 6.07) is 11.9. The average Bonchev–Trinajstić information content (AvgIpc) is 2.46. The van der Waals surface area contributed by atoms with Gasteiger partial charge in [-0.1, -0.05) is 24.3 Å². The van der Waals surface area contributed by atoms with Crippen LogP contribution >= 0.6 is 0 Å². The summed E-state index contributed by atoms with van der Waals surface area (Å²) in [5.41, 5.74) is 8.69. The molecule has 2 aromatic rings. The van der Waals surface area contributed by atoms with Crippen molar-refractivity contribution in [2.75, 3.05) is 20.3 Å². The molecule has 112 valence electrons. The van der Waals surface area contributed by atoms with E-state index in [0.717, 1.165) is 16.7 Å². The summed E-state index contributed by atoms with van der Waals surface area (Å²) >= 11 is 0. The third-order valence-corrected chi connectivity index (χ3v) is 3.22. The largest absolute Gasteiger partial charge is 0.491 e. The number of halogens is 1. The number of hydrogen-bond donors (Lipinski definition) is 1. The quantitative estimate of drug-likeness (QED) is 0.831. The Kier molecular flexibility index (Phi) is 5.31. The molecule has 0 saturated heterocycles. The minimum atomic E-state index is -0.432. The maximum absolute atomic E-state index is 13.5. The van der Waals surface area contributed by atoms with Crippen molar-refractivity contribution in [2.24, 2.45) is 5.73 Å². The van der Waals surface area contributed by atoms with Crippen LogP contribution in [0.25, 0.3) is 0 Å². The van der Waals surface area contributed by atoms with Crippen LogP contribution in [0.3, 0.4) is 0 Å². The first-order valence-electron chi connectivity index (χ1n) is 6.85. The average molecular weight is 289 g/mol. The summed E-state index contributed by atoms with van der Waals surface area (Å²) in [6.45, 7) is 2.80. The van der Waals surface area contributed by atoms with Crippen molar-refractivity contribution < 1.29 is 13.9 Å². The molecule has 21 heavy (non-hydrogen) atoms. The Balaban J connectivity index is 2.27. The maximum Gasteiger partial charge on any atom is 0.124 e. The first kappa shape index (κ1) is 15.5. The molecule has 0 heterocycles. The van der Waals surface area contributed by atoms with E-state index in [-0.39, 0.29) is 5.82 Å². The van der Waals surface area contributed by atoms with E-state index >= 15 is 0 Å². The van der Waals surface area contributed by atoms with Gasteiger partial charge in [-0.15, -0.1) is 0 Å². The molecule has 0 saturated carbocycles. The number of para-hydroxylation sites is 1. The molecule has 0 radical (unpaired) electrons. The molecule has 0 amide bonds. The molecule has 0 spiro atoms. The second-order valence-corrected chi connectivity index (χ2v) is 4.92. The van der Waals surface area contributed by atoms with Crippen LogP contribution in [0.1, 0.15) is 22.7 Å². The number of hydrogen-bond acceptors (Lipinski definition) is 3. The molecule has 0 aromatic heterocycles. The van der Waals surface area contributed by atoms with Gasteiger partial charge in [0.2, 0.25) is 0 Å². The van der Waals surface area contributed by atoms with Crippen LogP contribution < -0.4 is 10.5 Å². The van der Waals surface area contributed by atoms with Crippen LogP contribution in [-0.4, -0.2) is 20.3 Å². The SMILES string of the molecule is COCCOc1ccccc1C(N)c1cc(C)cc(F)c1. The third-order valence-electron chi connectivity index (χ3n) is 3.22. The van der Waals surface area contributed by atoms with E-state index in [0.29, 0.717) is 19.0 Å². The molecular formula is C17H20FNO2. The normalized spacial score (nSPS) is 12.2. The van der Waals surface area contributed by atoms with E-state index in [1.165, 1.54) is 12.1 Å². The lowest BCUT2D eigenvalue weighted by molar-refractivity contribution is 0.145. The summed E-state index contributed by atoms with van der Waals surface area (Å²) < 4.78 is 24.2. The van der Waals surface area contributed by atoms with Gasteiger partial charge in [-0.2, -0.15) is 0 Å². The maximum atomic E-state index is 13.5. The van der Waals surface area contributed by atoms with Gasteiger partial charge in [0, 0.05) is 12.7 Å². The van der Waals surface area contributed by atoms with Crippen molar-refractivity contribution in [2.45, 2.75) is 13.0 Å². The Morgan fingerprint density at radius 2 is 1.90 bits per heavy atom. The van der Waals surface area contributed by atoms with Gasteiger partial charge < -0.3 is 15.2 Å². The van der Waals surface area contributed by atoms with Crippen molar-refractivity contribution in [3.8, 4) is 5.75 Å². The molecule has 4 heteroatoms. The van der Waals surface area contributed by atoms with Crippen LogP contribution in [-0.2, 0) is 4.74 Å². The number of methoxy groups -OCH3 is 1. The molecule has 3 nitrogen and oxygen atoms in total. The van der Waals surface area contributed by atoms with Gasteiger partial charge in [-0.3, -0.25) is 0 Å². The lowest BCUT2D eigenvalue weighted by Gasteiger charge is -2.18. The van der Waals surface area contributed by atoms with Crippen LogP contribution in [0.4, 0.5) is 4.39 Å². The highest BCUT2D eigenvalue weighted by Gasteiger charge is 2.15. The van der Waals surface area contributed by atoms with Crippen molar-refractivity contribution >= 4 is 0 Å². The topological polar surface area (TPSA) is 44.5 Å². The molecule has 0 aliphatic heterocycles. The van der Waals surface area contributed by atoms with Crippen LogP contribution in [0, 0.1) is 12.7 Å². The van der Waals surface area contributed by atoms with Gasteiger partial charge in [0.05, 0.1) is 12.6 Å². The first-order chi connectivity index (χ1) is 10.1. The van der Waals surface area contributed by atoms with Crippen molar-refractivity contribution in [3.05, 3.63) is 65.0 Å². The number of benzene rings is 2. The van der Waals surface area contributed by atoms with Crippen LogP contribution in [0.15, 0.2) is 42.5 Å². The molecule has 0 bridgehead atoms. The van der Waals surface area contributed by atoms with Gasteiger partial charge in [-0.25, -0.2) is 4.39 Å². The molecule has 2 N–H and O–H groups in total. The molecule has 0 aliphatic rings. The smallest absolute Gasteiger partial charge is 0.124 e. The highest BCUT2D eigenvalue weighted by molar-refractivity contribution is 5.42. The Hall–Kier alpha value is -1.91. The second kappa shape index (κ2) is 7.20. The predicted octanol–water partition coefficient (Wildman–Crippen LogP) is 3.21. The zero-order valence-electron chi connectivity index (χ0n) is 12.3. The number of nitrogens with two attached hydrogens (primary N) is 1. The molecule has 2 aromatic carbocycles. The van der Waals surface area contributed by atoms with Crippen molar-refractivity contribution in [1.29, 1.82) is 0 Å². The number of rotatable bonds is 6. The molecule has 2 rings (SSSR count). The summed E-state index contributed by atoms with van der Waals surface area (Å²) in [4.78, 5) is 0. The fourth-order valence-electron chi connectivity index (χ4n) is 2.23. The molecule has 0 aliphatic carbocycles. The van der Waals surface area contributed by atoms with Crippen LogP contribution in [0.5, 0.6) is 5.75 Å². The number of ether oxygens (including phenoxy) is 2. The summed E-state index contributed by atoms with van der Waals surface area (Å²) in [7, 11) is 1.62. The molecule has 1 atom stereocenters. The second-order valence-electron chi connectivity index (χ2n) is 4.92. The monoisotopic (exact) mass is 289 g/mol. The van der Waals surface area contributed by atoms with Crippen LogP contribution in [0.2, 0.25) is 0 Å². The van der Waals surface area contributed by atoms with E-state index in [1.54, 1.807) is 7.11 Å². The van der Waals surface area contributed by atoms with Gasteiger partial charge in [0.25, 0.3) is 0 Å². The Morgan fingerprint density at radius 3 is 2.62 bits per heavy atom. The summed E-state index contributed by atoms with van der Waals surface area (Å²) in [5, 5.41) is 0. The highest BCUT2D eigenvalue weighted by atomic mass is 19.1. The summed E-state index contributed by atoms with van der Waals surface area (Å²) in [6.07, 6.45) is 0. The van der Waals surface area contributed by atoms with Crippen molar-refractivity contribution in [3.63, 3.8) is 0 Å². The lowest BCUT2D eigenvalue weighted by atomic mass is 9.97. The van der Waals surface area contributed by atoms with Crippen molar-refractivity contribution in [1.82, 2.24) is 0 Å². The predicted molar refractivity (Wildman–Crippen MR) is 81.0 cm³/mol. The van der Waals surface area contributed by atoms with E-state index in [2.05, 4.69) is 0 Å². The number of aryl methyl sites for hydroxylation is 1. The fourth-order valence-corrected chi connectivity index (χ4v) is 2.23. The zero-order chi connectivity index (χ0) is 15.2. The van der Waals surface area contributed by atoms with Gasteiger partial charge >= 0.3 is 0 Å². The summed E-state index contributed by atoms with van der Waals surface area (Å²) in [5.74, 6) is 0.419. The lowest BCUT2D eigenvalue weighted by Crippen LogP contribution is -2.15. The standard InChI is InChI=1S/C17H20FNO2/c1-12-9-13(11-14(18)10-12)17(19)15-5-3-4-6-16(15)21-8-7-20-2/h3-6,9-11,17H,7-8,19H2,1-2H3. The Labute approximate surface area is 124 Å². The van der Waals surface area contributed by atoms with E-state index < -0.39 is 6.04 Å². The van der Waals surface area contributed by atoms with Gasteiger partial charge in [0.1, 0.15) is 18.2 Å². The molecular weight excluding hydrogens is 269 g/mol. The Morgan fingerprint density at radius 1 is 1.14 bits per heavy atom. The molecule has 0 fully saturated rings. The minimum absolute atomic E-state index is 0.279. The Bertz CT molecular complexity index is 581. The zero-order valence-corrected chi connectivity index (χ0v) is 12.3. The third kappa shape index (κ3) is 4.03. The van der Waals surface area contributed by atoms with E-state index in [9.17, 15) is 4.39 Å². The van der Waals surface area contributed by atoms with Gasteiger partial charge in [0.15, 0.2) is 0 Å². The minimum Gasteiger partial charge on any atom is -0.491 e. The fraction of sp³-hybridized carbons (Fsp3) is 0.294. The highest BCUT2D eigenvalue weighted by Crippen LogP contribution is 2.29. The first-order valence-corrected chi connectivity index (χ1v) is 6.85. The molecule has 1 unspecified atom stereocenters. The van der Waals surface area contributed by atoms with Gasteiger partial charge in [-0.05, 0) is 36.2 Å². The van der Waals surface area contributed by atoms with E-state index in [4.69, 9.17) is 15.2 Å².